The number of hydrogen-bond acceptors (Lipinski definition) is 0. The smallest absolute Gasteiger partial charge is 0.172 e. The predicted octanol–water partition coefficient (Wildman–Crippen LogP) is 2.78. The number of rotatable bonds is 0. The molecule has 0 spiro atoms. The van der Waals surface area contributed by atoms with Crippen LogP contribution in [0.25, 0.3) is 0 Å². The Morgan fingerprint density at radius 1 is 1.12 bits per heavy atom. The largest absolute Gasteiger partial charge is 0.214 e. The van der Waals surface area contributed by atoms with Crippen molar-refractivity contribution in [3.63, 3.8) is 0 Å². The molecule has 1 rings (SSSR count). The molecule has 0 N–H and O–H groups in total. The molecule has 1 aromatic rings. The summed E-state index contributed by atoms with van der Waals surface area (Å²) >= 11 is -0.556. The van der Waals surface area contributed by atoms with Crippen molar-refractivity contribution in [3.05, 3.63) is 30.3 Å². The van der Waals surface area contributed by atoms with Crippen LogP contribution in [-0.4, -0.2) is 0 Å². The molecule has 0 aliphatic heterocycles. The normalized spacial score (nSPS) is 6.75. The molecule has 0 aromatic heterocycles. The average Bonchev–Trinajstić information content (AvgIpc) is 2.17. The van der Waals surface area contributed by atoms with Crippen LogP contribution in [0.1, 0.15) is 0 Å². The van der Waals surface area contributed by atoms with Crippen molar-refractivity contribution in [2.24, 2.45) is 0 Å². The second-order valence-electron chi connectivity index (χ2n) is 1.03. The molecule has 0 fully saturated rings. The Morgan fingerprint density at radius 3 is 1.62 bits per heavy atom. The molecule has 1 aromatic carbocycles. The van der Waals surface area contributed by atoms with E-state index in [1.54, 1.807) is 0 Å². The van der Waals surface area contributed by atoms with Crippen LogP contribution in [0.4, 0.5) is 0 Å². The van der Waals surface area contributed by atoms with Crippen molar-refractivity contribution in [3.8, 4) is 0 Å². The summed E-state index contributed by atoms with van der Waals surface area (Å²) in [6.45, 7) is 0. The molecule has 0 atom stereocenters. The molecule has 0 amide bonds. The Kier molecular flexibility index (Phi) is 8.26. The Hall–Kier alpha value is 0.644. The summed E-state index contributed by atoms with van der Waals surface area (Å²) in [5.41, 5.74) is 0. The van der Waals surface area contributed by atoms with E-state index in [1.807, 2.05) is 30.3 Å². The Labute approximate surface area is 65.8 Å². The molecule has 8 heavy (non-hydrogen) atoms. The van der Waals surface area contributed by atoms with E-state index in [4.69, 9.17) is 18.6 Å². The minimum absolute atomic E-state index is 0.556. The van der Waals surface area contributed by atoms with Gasteiger partial charge in [0.25, 0.3) is 0 Å². The zero-order valence-corrected chi connectivity index (χ0v) is 7.22. The molecule has 0 aliphatic carbocycles. The Bertz CT molecular complexity index is 77.3. The fourth-order valence-electron chi connectivity index (χ4n) is 0.321. The van der Waals surface area contributed by atoms with E-state index < -0.39 is 17.0 Å². The molecule has 0 heterocycles. The summed E-state index contributed by atoms with van der Waals surface area (Å²) in [7, 11) is 9.78. The third kappa shape index (κ3) is 6.64. The van der Waals surface area contributed by atoms with Gasteiger partial charge >= 0.3 is 35.6 Å². The zero-order chi connectivity index (χ0) is 6.24. The van der Waals surface area contributed by atoms with Gasteiger partial charge in [0.2, 0.25) is 0 Å². The van der Waals surface area contributed by atoms with Crippen LogP contribution in [0.15, 0.2) is 30.3 Å². The molecular formula is C5H5Cl2Ti-. The van der Waals surface area contributed by atoms with Crippen LogP contribution in [-0.2, 0) is 17.0 Å². The fourth-order valence-corrected chi connectivity index (χ4v) is 0.321. The van der Waals surface area contributed by atoms with Gasteiger partial charge in [-0.05, 0) is 0 Å². The summed E-state index contributed by atoms with van der Waals surface area (Å²) in [6, 6.07) is 10.0. The van der Waals surface area contributed by atoms with E-state index in [-0.39, 0.29) is 0 Å². The molecule has 3 heteroatoms. The first kappa shape index (κ1) is 8.64. The van der Waals surface area contributed by atoms with Gasteiger partial charge in [-0.15, -0.1) is 0 Å². The van der Waals surface area contributed by atoms with Gasteiger partial charge in [0, 0.05) is 0 Å². The molecule has 0 radical (unpaired) electrons. The molecule has 0 saturated carbocycles. The van der Waals surface area contributed by atoms with Crippen LogP contribution in [0.3, 0.4) is 0 Å². The van der Waals surface area contributed by atoms with E-state index in [1.165, 1.54) is 0 Å². The molecule has 0 aliphatic rings. The van der Waals surface area contributed by atoms with Gasteiger partial charge in [0.05, 0.1) is 0 Å². The maximum absolute atomic E-state index is 4.89. The van der Waals surface area contributed by atoms with Gasteiger partial charge in [-0.2, -0.15) is 18.2 Å². The summed E-state index contributed by atoms with van der Waals surface area (Å²) in [6.07, 6.45) is 0. The first-order valence-corrected chi connectivity index (χ1v) is 6.34. The molecule has 0 bridgehead atoms. The molecule has 0 unspecified atom stereocenters. The maximum Gasteiger partial charge on any atom is -0.172 e. The van der Waals surface area contributed by atoms with Gasteiger partial charge in [-0.1, -0.05) is 0 Å². The number of hydrogen-bond donors (Lipinski definition) is 0. The van der Waals surface area contributed by atoms with E-state index in [0.717, 1.165) is 0 Å². The molecule has 0 nitrogen and oxygen atoms in total. The average molecular weight is 184 g/mol. The van der Waals surface area contributed by atoms with Gasteiger partial charge in [-0.3, -0.25) is 0 Å². The third-order valence-electron chi connectivity index (χ3n) is 0.556. The van der Waals surface area contributed by atoms with Crippen molar-refractivity contribution in [1.29, 1.82) is 0 Å². The van der Waals surface area contributed by atoms with Crippen LogP contribution < -0.4 is 0 Å². The Morgan fingerprint density at radius 2 is 1.50 bits per heavy atom. The van der Waals surface area contributed by atoms with Gasteiger partial charge < -0.3 is 0 Å². The first-order valence-electron chi connectivity index (χ1n) is 2.04. The van der Waals surface area contributed by atoms with Crippen LogP contribution in [0.2, 0.25) is 0 Å². The summed E-state index contributed by atoms with van der Waals surface area (Å²) in [4.78, 5) is 0. The first-order chi connectivity index (χ1) is 3.91. The van der Waals surface area contributed by atoms with E-state index in [0.29, 0.717) is 0 Å². The van der Waals surface area contributed by atoms with Crippen molar-refractivity contribution >= 4 is 18.6 Å². The van der Waals surface area contributed by atoms with Gasteiger partial charge in [0.1, 0.15) is 0 Å². The standard InChI is InChI=1S/C5H5.2ClH.Ti/c1-2-4-5-3-1;;;/h1-5H;2*1H;/q-1;;;+2/p-2. The predicted molar refractivity (Wildman–Crippen MR) is 33.7 cm³/mol. The van der Waals surface area contributed by atoms with Crippen LogP contribution in [0.5, 0.6) is 0 Å². The van der Waals surface area contributed by atoms with Crippen molar-refractivity contribution in [1.82, 2.24) is 0 Å². The van der Waals surface area contributed by atoms with E-state index in [2.05, 4.69) is 0 Å². The SMILES string of the molecule is [Cl][Ti][Cl].c1cc[cH-]c1. The summed E-state index contributed by atoms with van der Waals surface area (Å²) in [5.74, 6) is 0. The van der Waals surface area contributed by atoms with Crippen molar-refractivity contribution in [2.75, 3.05) is 0 Å². The molecular weight excluding hydrogens is 179 g/mol. The van der Waals surface area contributed by atoms with Gasteiger partial charge in [-0.25, -0.2) is 12.1 Å². The second kappa shape index (κ2) is 7.64. The van der Waals surface area contributed by atoms with Crippen molar-refractivity contribution < 1.29 is 17.0 Å². The second-order valence-corrected chi connectivity index (χ2v) is 3.61. The van der Waals surface area contributed by atoms with Gasteiger partial charge in [0.15, 0.2) is 0 Å². The van der Waals surface area contributed by atoms with Crippen molar-refractivity contribution in [2.45, 2.75) is 0 Å². The third-order valence-corrected chi connectivity index (χ3v) is 0.556. The monoisotopic (exact) mass is 183 g/mol. The van der Waals surface area contributed by atoms with Crippen LogP contribution >= 0.6 is 18.6 Å². The Balaban J connectivity index is 0.000000145. The van der Waals surface area contributed by atoms with E-state index in [9.17, 15) is 0 Å². The fraction of sp³-hybridized carbons (Fsp3) is 0. The topological polar surface area (TPSA) is 0 Å². The summed E-state index contributed by atoms with van der Waals surface area (Å²) < 4.78 is 0. The molecule has 44 valence electrons. The van der Waals surface area contributed by atoms with E-state index >= 15 is 0 Å². The quantitative estimate of drug-likeness (QED) is 0.429. The minimum Gasteiger partial charge on any atom is -0.214 e. The zero-order valence-electron chi connectivity index (χ0n) is 4.14. The number of halogens is 2. The summed E-state index contributed by atoms with van der Waals surface area (Å²) in [5, 5.41) is 0. The minimum atomic E-state index is -0.556. The molecule has 0 saturated heterocycles. The van der Waals surface area contributed by atoms with Crippen LogP contribution in [0, 0.1) is 0 Å². The maximum atomic E-state index is 4.89.